The normalized spacial score (nSPS) is 16.1. The summed E-state index contributed by atoms with van der Waals surface area (Å²) < 4.78 is 18.3. The number of halogens is 1. The van der Waals surface area contributed by atoms with E-state index in [2.05, 4.69) is 15.5 Å². The Balaban J connectivity index is 1.65. The van der Waals surface area contributed by atoms with E-state index in [1.807, 2.05) is 0 Å². The predicted molar refractivity (Wildman–Crippen MR) is 68.8 cm³/mol. The average molecular weight is 261 g/mol. The van der Waals surface area contributed by atoms with Gasteiger partial charge in [-0.15, -0.1) is 0 Å². The van der Waals surface area contributed by atoms with Gasteiger partial charge in [-0.3, -0.25) is 0 Å². The molecule has 1 aromatic carbocycles. The lowest BCUT2D eigenvalue weighted by molar-refractivity contribution is 0.357. The van der Waals surface area contributed by atoms with Crippen molar-refractivity contribution in [2.45, 2.75) is 38.3 Å². The molecule has 4 nitrogen and oxygen atoms in total. The second-order valence-corrected chi connectivity index (χ2v) is 4.88. The first-order valence-electron chi connectivity index (χ1n) is 6.63. The molecule has 1 saturated carbocycles. The molecule has 5 heteroatoms. The zero-order valence-corrected chi connectivity index (χ0v) is 10.6. The van der Waals surface area contributed by atoms with Crippen LogP contribution in [0.3, 0.4) is 0 Å². The Kier molecular flexibility index (Phi) is 3.55. The average Bonchev–Trinajstić information content (AvgIpc) is 3.08. The van der Waals surface area contributed by atoms with Gasteiger partial charge in [0, 0.05) is 11.6 Å². The van der Waals surface area contributed by atoms with Gasteiger partial charge in [0.15, 0.2) is 0 Å². The molecule has 0 bridgehead atoms. The number of benzene rings is 1. The fraction of sp³-hybridized carbons (Fsp3) is 0.429. The first kappa shape index (κ1) is 12.3. The molecule has 0 unspecified atom stereocenters. The zero-order valence-electron chi connectivity index (χ0n) is 10.6. The van der Waals surface area contributed by atoms with Gasteiger partial charge >= 0.3 is 0 Å². The van der Waals surface area contributed by atoms with Crippen LogP contribution in [0.5, 0.6) is 0 Å². The molecule has 1 aliphatic rings. The lowest BCUT2D eigenvalue weighted by Gasteiger charge is -2.08. The maximum absolute atomic E-state index is 13.1. The summed E-state index contributed by atoms with van der Waals surface area (Å²) in [4.78, 5) is 4.28. The van der Waals surface area contributed by atoms with E-state index >= 15 is 0 Å². The topological polar surface area (TPSA) is 51.0 Å². The second-order valence-electron chi connectivity index (χ2n) is 4.88. The molecule has 0 aliphatic heterocycles. The highest BCUT2D eigenvalue weighted by Gasteiger charge is 2.16. The van der Waals surface area contributed by atoms with Gasteiger partial charge in [-0.05, 0) is 25.0 Å². The number of nitrogens with zero attached hydrogens (tertiary/aromatic N) is 2. The van der Waals surface area contributed by atoms with Crippen LogP contribution in [0.4, 0.5) is 4.39 Å². The summed E-state index contributed by atoms with van der Waals surface area (Å²) in [7, 11) is 0. The summed E-state index contributed by atoms with van der Waals surface area (Å²) in [5.74, 6) is 0.682. The van der Waals surface area contributed by atoms with Crippen LogP contribution < -0.4 is 5.32 Å². The Morgan fingerprint density at radius 3 is 2.95 bits per heavy atom. The number of hydrogen-bond donors (Lipinski definition) is 1. The monoisotopic (exact) mass is 261 g/mol. The lowest BCUT2D eigenvalue weighted by atomic mass is 10.2. The van der Waals surface area contributed by atoms with E-state index in [0.29, 0.717) is 29.9 Å². The number of nitrogens with one attached hydrogen (secondary N) is 1. The van der Waals surface area contributed by atoms with E-state index in [-0.39, 0.29) is 5.82 Å². The van der Waals surface area contributed by atoms with Crippen molar-refractivity contribution < 1.29 is 8.91 Å². The molecule has 1 aromatic heterocycles. The van der Waals surface area contributed by atoms with Gasteiger partial charge in [-0.25, -0.2) is 4.39 Å². The minimum Gasteiger partial charge on any atom is -0.338 e. The van der Waals surface area contributed by atoms with Crippen LogP contribution in [0.2, 0.25) is 0 Å². The maximum atomic E-state index is 13.1. The third-order valence-electron chi connectivity index (χ3n) is 3.45. The Hall–Kier alpha value is -1.75. The van der Waals surface area contributed by atoms with E-state index in [9.17, 15) is 4.39 Å². The Labute approximate surface area is 111 Å². The van der Waals surface area contributed by atoms with Crippen molar-refractivity contribution in [3.63, 3.8) is 0 Å². The standard InChI is InChI=1S/C14H16FN3O/c15-11-5-3-4-10(8-11)14-17-13(19-18-14)9-16-12-6-1-2-7-12/h3-5,8,12,16H,1-2,6-7,9H2. The fourth-order valence-electron chi connectivity index (χ4n) is 2.43. The molecule has 0 atom stereocenters. The molecule has 1 N–H and O–H groups in total. The van der Waals surface area contributed by atoms with Crippen LogP contribution in [0, 0.1) is 5.82 Å². The van der Waals surface area contributed by atoms with E-state index < -0.39 is 0 Å². The smallest absolute Gasteiger partial charge is 0.240 e. The SMILES string of the molecule is Fc1cccc(-c2noc(CNC3CCCC3)n2)c1. The van der Waals surface area contributed by atoms with Crippen LogP contribution in [0.15, 0.2) is 28.8 Å². The highest BCUT2D eigenvalue weighted by Crippen LogP contribution is 2.19. The summed E-state index contributed by atoms with van der Waals surface area (Å²) in [6.45, 7) is 0.576. The van der Waals surface area contributed by atoms with Crippen molar-refractivity contribution in [2.24, 2.45) is 0 Å². The van der Waals surface area contributed by atoms with Crippen LogP contribution >= 0.6 is 0 Å². The number of hydrogen-bond acceptors (Lipinski definition) is 4. The lowest BCUT2D eigenvalue weighted by Crippen LogP contribution is -2.25. The largest absolute Gasteiger partial charge is 0.338 e. The van der Waals surface area contributed by atoms with E-state index in [1.165, 1.54) is 37.8 Å². The van der Waals surface area contributed by atoms with E-state index in [0.717, 1.165) is 0 Å². The summed E-state index contributed by atoms with van der Waals surface area (Å²) in [5.41, 5.74) is 0.635. The van der Waals surface area contributed by atoms with Gasteiger partial charge in [0.2, 0.25) is 11.7 Å². The third kappa shape index (κ3) is 2.98. The van der Waals surface area contributed by atoms with Gasteiger partial charge in [0.1, 0.15) is 5.82 Å². The van der Waals surface area contributed by atoms with Gasteiger partial charge < -0.3 is 9.84 Å². The predicted octanol–water partition coefficient (Wildman–Crippen LogP) is 2.91. The van der Waals surface area contributed by atoms with E-state index in [1.54, 1.807) is 12.1 Å². The molecular formula is C14H16FN3O. The molecule has 19 heavy (non-hydrogen) atoms. The molecule has 0 amide bonds. The number of aromatic nitrogens is 2. The zero-order chi connectivity index (χ0) is 13.1. The van der Waals surface area contributed by atoms with Crippen molar-refractivity contribution >= 4 is 0 Å². The van der Waals surface area contributed by atoms with Crippen LogP contribution in [0.1, 0.15) is 31.6 Å². The quantitative estimate of drug-likeness (QED) is 0.919. The highest BCUT2D eigenvalue weighted by atomic mass is 19.1. The van der Waals surface area contributed by atoms with Crippen molar-refractivity contribution in [2.75, 3.05) is 0 Å². The van der Waals surface area contributed by atoms with Gasteiger partial charge in [-0.1, -0.05) is 30.1 Å². The maximum Gasteiger partial charge on any atom is 0.240 e. The molecule has 1 aliphatic carbocycles. The van der Waals surface area contributed by atoms with Crippen molar-refractivity contribution in [3.8, 4) is 11.4 Å². The van der Waals surface area contributed by atoms with Crippen LogP contribution in [-0.4, -0.2) is 16.2 Å². The van der Waals surface area contributed by atoms with Crippen LogP contribution in [0.25, 0.3) is 11.4 Å². The first-order chi connectivity index (χ1) is 9.31. The molecular weight excluding hydrogens is 245 g/mol. The molecule has 3 rings (SSSR count). The summed E-state index contributed by atoms with van der Waals surface area (Å²) in [6.07, 6.45) is 5.00. The van der Waals surface area contributed by atoms with Crippen LogP contribution in [-0.2, 0) is 6.54 Å². The molecule has 2 aromatic rings. The highest BCUT2D eigenvalue weighted by molar-refractivity contribution is 5.53. The molecule has 1 heterocycles. The van der Waals surface area contributed by atoms with E-state index in [4.69, 9.17) is 4.52 Å². The van der Waals surface area contributed by atoms with Crippen molar-refractivity contribution in [1.29, 1.82) is 0 Å². The summed E-state index contributed by atoms with van der Waals surface area (Å²) >= 11 is 0. The molecule has 0 radical (unpaired) electrons. The fourth-order valence-corrected chi connectivity index (χ4v) is 2.43. The van der Waals surface area contributed by atoms with Crippen molar-refractivity contribution in [1.82, 2.24) is 15.5 Å². The molecule has 0 spiro atoms. The Morgan fingerprint density at radius 2 is 2.16 bits per heavy atom. The minimum absolute atomic E-state index is 0.298. The van der Waals surface area contributed by atoms with Gasteiger partial charge in [0.25, 0.3) is 0 Å². The Bertz CT molecular complexity index is 549. The van der Waals surface area contributed by atoms with Crippen molar-refractivity contribution in [3.05, 3.63) is 36.0 Å². The third-order valence-corrected chi connectivity index (χ3v) is 3.45. The number of rotatable bonds is 4. The minimum atomic E-state index is -0.298. The summed E-state index contributed by atoms with van der Waals surface area (Å²) in [5, 5.41) is 7.28. The van der Waals surface area contributed by atoms with Gasteiger partial charge in [-0.2, -0.15) is 4.98 Å². The first-order valence-corrected chi connectivity index (χ1v) is 6.63. The molecule has 1 fully saturated rings. The molecule has 0 saturated heterocycles. The van der Waals surface area contributed by atoms with Gasteiger partial charge in [0.05, 0.1) is 6.54 Å². The Morgan fingerprint density at radius 1 is 1.32 bits per heavy atom. The molecule has 100 valence electrons. The second kappa shape index (κ2) is 5.48. The summed E-state index contributed by atoms with van der Waals surface area (Å²) in [6, 6.07) is 6.76.